The largest absolute Gasteiger partial charge is 0.458 e. The van der Waals surface area contributed by atoms with Crippen LogP contribution in [0.25, 0.3) is 0 Å². The molecule has 2 amide bonds. The lowest BCUT2D eigenvalue weighted by atomic mass is 10.1. The summed E-state index contributed by atoms with van der Waals surface area (Å²) in [5, 5.41) is 5.17. The topological polar surface area (TPSA) is 93.7 Å². The minimum absolute atomic E-state index is 0.163. The van der Waals surface area contributed by atoms with Crippen molar-refractivity contribution in [2.24, 2.45) is 0 Å². The van der Waals surface area contributed by atoms with Gasteiger partial charge >= 0.3 is 12.1 Å². The quantitative estimate of drug-likeness (QED) is 0.376. The van der Waals surface area contributed by atoms with E-state index in [4.69, 9.17) is 21.1 Å². The summed E-state index contributed by atoms with van der Waals surface area (Å²) in [6.45, 7) is 7.25. The fraction of sp³-hybridized carbons (Fsp3) is 0.800. The van der Waals surface area contributed by atoms with Crippen molar-refractivity contribution >= 4 is 29.6 Å². The molecule has 0 unspecified atom stereocenters. The monoisotopic (exact) mass is 350 g/mol. The van der Waals surface area contributed by atoms with Gasteiger partial charge in [0.1, 0.15) is 18.2 Å². The SMILES string of the molecule is CC(=O)N[C@@H](CCCCNC(=O)OCCCl)C(=O)OC(C)(C)C. The summed E-state index contributed by atoms with van der Waals surface area (Å²) in [7, 11) is 0. The molecule has 0 bridgehead atoms. The van der Waals surface area contributed by atoms with Gasteiger partial charge in [0.25, 0.3) is 0 Å². The van der Waals surface area contributed by atoms with Crippen LogP contribution in [0.4, 0.5) is 4.79 Å². The summed E-state index contributed by atoms with van der Waals surface area (Å²) in [5.74, 6) is -0.493. The van der Waals surface area contributed by atoms with Crippen molar-refractivity contribution < 1.29 is 23.9 Å². The molecule has 8 heteroatoms. The second-order valence-corrected chi connectivity index (χ2v) is 6.41. The van der Waals surface area contributed by atoms with E-state index < -0.39 is 23.7 Å². The summed E-state index contributed by atoms with van der Waals surface area (Å²) in [4.78, 5) is 34.4. The number of alkyl halides is 1. The van der Waals surface area contributed by atoms with Crippen LogP contribution in [-0.4, -0.2) is 48.6 Å². The zero-order valence-electron chi connectivity index (χ0n) is 14.2. The lowest BCUT2D eigenvalue weighted by molar-refractivity contribution is -0.158. The maximum atomic E-state index is 12.0. The van der Waals surface area contributed by atoms with Crippen molar-refractivity contribution in [2.45, 2.75) is 58.6 Å². The second kappa shape index (κ2) is 11.1. The molecule has 0 saturated carbocycles. The highest BCUT2D eigenvalue weighted by molar-refractivity contribution is 6.18. The number of hydrogen-bond donors (Lipinski definition) is 2. The van der Waals surface area contributed by atoms with Gasteiger partial charge in [-0.1, -0.05) is 0 Å². The Bertz CT molecular complexity index is 396. The summed E-state index contributed by atoms with van der Waals surface area (Å²) in [5.41, 5.74) is -0.610. The van der Waals surface area contributed by atoms with Gasteiger partial charge in [-0.05, 0) is 40.0 Å². The van der Waals surface area contributed by atoms with Gasteiger partial charge in [0.15, 0.2) is 0 Å². The molecule has 0 fully saturated rings. The number of alkyl carbamates (subject to hydrolysis) is 1. The number of rotatable bonds is 9. The Hall–Kier alpha value is -1.50. The van der Waals surface area contributed by atoms with Gasteiger partial charge in [0.2, 0.25) is 5.91 Å². The van der Waals surface area contributed by atoms with Crippen LogP contribution in [0.2, 0.25) is 0 Å². The van der Waals surface area contributed by atoms with Gasteiger partial charge in [-0.3, -0.25) is 4.79 Å². The molecule has 0 saturated heterocycles. The Labute approximate surface area is 142 Å². The highest BCUT2D eigenvalue weighted by Gasteiger charge is 2.25. The van der Waals surface area contributed by atoms with Crippen molar-refractivity contribution in [3.8, 4) is 0 Å². The van der Waals surface area contributed by atoms with Crippen LogP contribution < -0.4 is 10.6 Å². The Morgan fingerprint density at radius 3 is 2.35 bits per heavy atom. The molecule has 0 rings (SSSR count). The van der Waals surface area contributed by atoms with Crippen LogP contribution in [0.15, 0.2) is 0 Å². The lowest BCUT2D eigenvalue weighted by Crippen LogP contribution is -2.43. The minimum Gasteiger partial charge on any atom is -0.458 e. The maximum absolute atomic E-state index is 12.0. The zero-order chi connectivity index (χ0) is 17.9. The number of carbonyl (C=O) groups is 3. The van der Waals surface area contributed by atoms with Crippen molar-refractivity contribution in [3.63, 3.8) is 0 Å². The highest BCUT2D eigenvalue weighted by Crippen LogP contribution is 2.11. The van der Waals surface area contributed by atoms with Crippen LogP contribution in [0.3, 0.4) is 0 Å². The van der Waals surface area contributed by atoms with Crippen LogP contribution in [0.5, 0.6) is 0 Å². The van der Waals surface area contributed by atoms with Crippen LogP contribution in [0.1, 0.15) is 47.0 Å². The number of amides is 2. The molecule has 7 nitrogen and oxygen atoms in total. The molecular formula is C15H27ClN2O5. The Morgan fingerprint density at radius 1 is 1.17 bits per heavy atom. The molecule has 0 aliphatic rings. The van der Waals surface area contributed by atoms with Gasteiger partial charge in [0.05, 0.1) is 5.88 Å². The third-order valence-corrected chi connectivity index (χ3v) is 2.72. The summed E-state index contributed by atoms with van der Waals surface area (Å²) < 4.78 is 10.0. The lowest BCUT2D eigenvalue weighted by Gasteiger charge is -2.24. The van der Waals surface area contributed by atoms with Gasteiger partial charge in [-0.15, -0.1) is 11.6 Å². The highest BCUT2D eigenvalue weighted by atomic mass is 35.5. The summed E-state index contributed by atoms with van der Waals surface area (Å²) in [6, 6.07) is -0.685. The zero-order valence-corrected chi connectivity index (χ0v) is 15.0. The van der Waals surface area contributed by atoms with E-state index in [1.807, 2.05) is 0 Å². The molecule has 2 N–H and O–H groups in total. The molecule has 0 aliphatic carbocycles. The number of carbonyl (C=O) groups excluding carboxylic acids is 3. The van der Waals surface area contributed by atoms with Crippen molar-refractivity contribution in [1.29, 1.82) is 0 Å². The predicted octanol–water partition coefficient (Wildman–Crippen LogP) is 1.97. The van der Waals surface area contributed by atoms with E-state index >= 15 is 0 Å². The maximum Gasteiger partial charge on any atom is 0.407 e. The van der Waals surface area contributed by atoms with Gasteiger partial charge in [0, 0.05) is 13.5 Å². The van der Waals surface area contributed by atoms with Crippen molar-refractivity contribution in [2.75, 3.05) is 19.0 Å². The van der Waals surface area contributed by atoms with Crippen molar-refractivity contribution in [1.82, 2.24) is 10.6 Å². The van der Waals surface area contributed by atoms with Gasteiger partial charge in [-0.2, -0.15) is 0 Å². The molecule has 134 valence electrons. The third kappa shape index (κ3) is 12.7. The molecule has 0 heterocycles. The predicted molar refractivity (Wildman–Crippen MR) is 87.4 cm³/mol. The number of ether oxygens (including phenoxy) is 2. The molecule has 0 aromatic rings. The molecule has 0 aromatic carbocycles. The first-order valence-electron chi connectivity index (χ1n) is 7.62. The van der Waals surface area contributed by atoms with Gasteiger partial charge in [-0.25, -0.2) is 9.59 Å². The average molecular weight is 351 g/mol. The summed E-state index contributed by atoms with van der Waals surface area (Å²) >= 11 is 5.40. The molecule has 0 aliphatic heterocycles. The Balaban J connectivity index is 4.13. The molecule has 23 heavy (non-hydrogen) atoms. The number of esters is 1. The van der Waals surface area contributed by atoms with E-state index in [1.54, 1.807) is 20.8 Å². The van der Waals surface area contributed by atoms with E-state index in [1.165, 1.54) is 6.92 Å². The molecule has 0 aromatic heterocycles. The second-order valence-electron chi connectivity index (χ2n) is 6.03. The van der Waals surface area contributed by atoms with Crippen molar-refractivity contribution in [3.05, 3.63) is 0 Å². The van der Waals surface area contributed by atoms with E-state index in [9.17, 15) is 14.4 Å². The number of halogens is 1. The van der Waals surface area contributed by atoms with Crippen LogP contribution >= 0.6 is 11.6 Å². The minimum atomic E-state index is -0.685. The molecular weight excluding hydrogens is 324 g/mol. The smallest absolute Gasteiger partial charge is 0.407 e. The Kier molecular flexibility index (Phi) is 10.4. The van der Waals surface area contributed by atoms with E-state index in [0.29, 0.717) is 25.8 Å². The molecule has 0 radical (unpaired) electrons. The first-order chi connectivity index (χ1) is 10.7. The Morgan fingerprint density at radius 2 is 1.83 bits per heavy atom. The van der Waals surface area contributed by atoms with Crippen LogP contribution in [-0.2, 0) is 19.1 Å². The third-order valence-electron chi connectivity index (χ3n) is 2.57. The van der Waals surface area contributed by atoms with E-state index in [2.05, 4.69) is 10.6 Å². The normalized spacial score (nSPS) is 12.2. The van der Waals surface area contributed by atoms with Gasteiger partial charge < -0.3 is 20.1 Å². The number of nitrogens with one attached hydrogen (secondary N) is 2. The molecule has 0 spiro atoms. The number of unbranched alkanes of at least 4 members (excludes halogenated alkanes) is 1. The van der Waals surface area contributed by atoms with E-state index in [0.717, 1.165) is 0 Å². The first-order valence-corrected chi connectivity index (χ1v) is 8.15. The van der Waals surface area contributed by atoms with E-state index in [-0.39, 0.29) is 18.4 Å². The fourth-order valence-corrected chi connectivity index (χ4v) is 1.79. The fourth-order valence-electron chi connectivity index (χ4n) is 1.71. The number of hydrogen-bond acceptors (Lipinski definition) is 5. The first kappa shape index (κ1) is 21.5. The van der Waals surface area contributed by atoms with Crippen LogP contribution in [0, 0.1) is 0 Å². The standard InChI is InChI=1S/C15H27ClN2O5/c1-11(19)18-12(13(20)23-15(2,3)4)7-5-6-9-17-14(21)22-10-8-16/h12H,5-10H2,1-4H3,(H,17,21)(H,18,19)/t12-/m0/s1. The average Bonchev–Trinajstić information content (AvgIpc) is 2.41. The molecule has 1 atom stereocenters. The summed E-state index contributed by atoms with van der Waals surface area (Å²) in [6.07, 6.45) is 1.21.